The van der Waals surface area contributed by atoms with Crippen molar-refractivity contribution < 1.29 is 24.2 Å². The molecule has 37 heavy (non-hydrogen) atoms. The average Bonchev–Trinajstić information content (AvgIpc) is 3.51. The second-order valence-corrected chi connectivity index (χ2v) is 10.6. The van der Waals surface area contributed by atoms with E-state index in [0.29, 0.717) is 36.5 Å². The standard InChI is InChI=1S/C28H36ClN3O5/c1-6-14-30(5)25(34)21-20-12-13-28(37-20)22(21)26(35)32(18(8-3)16-33)24(28)27(36)31(15-7-2)23-17(4)10-9-11-19(23)29/h6-7,9-11,18,20-22,24,33H,1-2,8,12-16H2,3-5H3/t18-,20+,21-,22-,24?,28?/m0/s1. The summed E-state index contributed by atoms with van der Waals surface area (Å²) in [5.41, 5.74) is 0.188. The van der Waals surface area contributed by atoms with E-state index in [0.717, 1.165) is 5.56 Å². The van der Waals surface area contributed by atoms with Crippen molar-refractivity contribution in [2.24, 2.45) is 11.8 Å². The first-order chi connectivity index (χ1) is 17.7. The van der Waals surface area contributed by atoms with Gasteiger partial charge < -0.3 is 24.5 Å². The monoisotopic (exact) mass is 529 g/mol. The Kier molecular flexibility index (Phi) is 7.83. The lowest BCUT2D eigenvalue weighted by atomic mass is 9.70. The summed E-state index contributed by atoms with van der Waals surface area (Å²) in [4.78, 5) is 46.7. The minimum Gasteiger partial charge on any atom is -0.394 e. The quantitative estimate of drug-likeness (QED) is 0.471. The number of halogens is 1. The molecule has 3 aliphatic rings. The van der Waals surface area contributed by atoms with E-state index in [-0.39, 0.29) is 30.9 Å². The van der Waals surface area contributed by atoms with Gasteiger partial charge in [-0.2, -0.15) is 0 Å². The number of aliphatic hydroxyl groups is 1. The molecule has 200 valence electrons. The number of aryl methyl sites for hydroxylation is 1. The molecule has 4 rings (SSSR count). The van der Waals surface area contributed by atoms with Gasteiger partial charge in [0.05, 0.1) is 41.3 Å². The Hall–Kier alpha value is -2.68. The Bertz CT molecular complexity index is 1090. The van der Waals surface area contributed by atoms with E-state index in [9.17, 15) is 19.5 Å². The Balaban J connectivity index is 1.84. The Labute approximate surface area is 223 Å². The molecule has 0 radical (unpaired) electrons. The molecule has 3 aliphatic heterocycles. The van der Waals surface area contributed by atoms with Crippen molar-refractivity contribution in [1.29, 1.82) is 0 Å². The normalized spacial score (nSPS) is 28.7. The molecule has 2 unspecified atom stereocenters. The van der Waals surface area contributed by atoms with Crippen molar-refractivity contribution in [1.82, 2.24) is 9.80 Å². The predicted molar refractivity (Wildman–Crippen MR) is 142 cm³/mol. The van der Waals surface area contributed by atoms with Crippen molar-refractivity contribution >= 4 is 35.0 Å². The summed E-state index contributed by atoms with van der Waals surface area (Å²) in [7, 11) is 1.68. The summed E-state index contributed by atoms with van der Waals surface area (Å²) in [5.74, 6) is -2.37. The largest absolute Gasteiger partial charge is 0.394 e. The van der Waals surface area contributed by atoms with Crippen molar-refractivity contribution in [2.75, 3.05) is 31.6 Å². The predicted octanol–water partition coefficient (Wildman–Crippen LogP) is 2.96. The number of para-hydroxylation sites is 1. The van der Waals surface area contributed by atoms with Crippen LogP contribution in [0.1, 0.15) is 31.7 Å². The van der Waals surface area contributed by atoms with E-state index in [4.69, 9.17) is 16.3 Å². The first kappa shape index (κ1) is 27.4. The number of benzene rings is 1. The zero-order valence-corrected chi connectivity index (χ0v) is 22.5. The summed E-state index contributed by atoms with van der Waals surface area (Å²) in [6.45, 7) is 11.5. The van der Waals surface area contributed by atoms with E-state index in [2.05, 4.69) is 13.2 Å². The van der Waals surface area contributed by atoms with Crippen LogP contribution in [0.3, 0.4) is 0 Å². The summed E-state index contributed by atoms with van der Waals surface area (Å²) >= 11 is 6.57. The van der Waals surface area contributed by atoms with E-state index < -0.39 is 35.6 Å². The molecular formula is C28H36ClN3O5. The van der Waals surface area contributed by atoms with Gasteiger partial charge >= 0.3 is 0 Å². The summed E-state index contributed by atoms with van der Waals surface area (Å²) < 4.78 is 6.52. The van der Waals surface area contributed by atoms with Crippen LogP contribution in [-0.2, 0) is 19.1 Å². The number of carbonyl (C=O) groups excluding carboxylic acids is 3. The summed E-state index contributed by atoms with van der Waals surface area (Å²) in [6.07, 6.45) is 4.29. The molecular weight excluding hydrogens is 494 g/mol. The van der Waals surface area contributed by atoms with Gasteiger partial charge in [-0.05, 0) is 37.8 Å². The average molecular weight is 530 g/mol. The molecule has 3 heterocycles. The number of carbonyl (C=O) groups is 3. The van der Waals surface area contributed by atoms with Crippen LogP contribution in [-0.4, -0.2) is 83.2 Å². The number of rotatable bonds is 10. The number of likely N-dealkylation sites (N-methyl/N-ethyl adjacent to an activating group) is 1. The molecule has 1 N–H and O–H groups in total. The van der Waals surface area contributed by atoms with Crippen LogP contribution in [0, 0.1) is 18.8 Å². The molecule has 2 bridgehead atoms. The molecule has 1 aromatic carbocycles. The van der Waals surface area contributed by atoms with Crippen LogP contribution < -0.4 is 4.90 Å². The molecule has 8 nitrogen and oxygen atoms in total. The number of anilines is 1. The van der Waals surface area contributed by atoms with Gasteiger partial charge in [-0.3, -0.25) is 14.4 Å². The van der Waals surface area contributed by atoms with Crippen LogP contribution in [0.4, 0.5) is 5.69 Å². The number of aliphatic hydroxyl groups excluding tert-OH is 1. The second kappa shape index (κ2) is 10.6. The highest BCUT2D eigenvalue weighted by molar-refractivity contribution is 6.34. The second-order valence-electron chi connectivity index (χ2n) is 10.2. The number of hydrogen-bond acceptors (Lipinski definition) is 5. The lowest BCUT2D eigenvalue weighted by molar-refractivity contribution is -0.146. The van der Waals surface area contributed by atoms with Crippen LogP contribution in [0.5, 0.6) is 0 Å². The summed E-state index contributed by atoms with van der Waals surface area (Å²) in [6, 6.07) is 3.80. The maximum atomic E-state index is 14.5. The topological polar surface area (TPSA) is 90.4 Å². The van der Waals surface area contributed by atoms with Crippen LogP contribution >= 0.6 is 11.6 Å². The van der Waals surface area contributed by atoms with Crippen molar-refractivity contribution in [3.8, 4) is 0 Å². The molecule has 3 saturated heterocycles. The first-order valence-electron chi connectivity index (χ1n) is 12.8. The van der Waals surface area contributed by atoms with Gasteiger partial charge in [0.25, 0.3) is 5.91 Å². The smallest absolute Gasteiger partial charge is 0.253 e. The Morgan fingerprint density at radius 2 is 2.00 bits per heavy atom. The van der Waals surface area contributed by atoms with Gasteiger partial charge in [0.15, 0.2) is 0 Å². The molecule has 3 amide bonds. The van der Waals surface area contributed by atoms with Gasteiger partial charge in [-0.25, -0.2) is 0 Å². The number of hydrogen-bond donors (Lipinski definition) is 1. The van der Waals surface area contributed by atoms with Crippen LogP contribution in [0.25, 0.3) is 0 Å². The highest BCUT2D eigenvalue weighted by Crippen LogP contribution is 2.59. The molecule has 0 aliphatic carbocycles. The Morgan fingerprint density at radius 1 is 1.30 bits per heavy atom. The fourth-order valence-electron chi connectivity index (χ4n) is 6.53. The molecule has 9 heteroatoms. The number of amides is 3. The Morgan fingerprint density at radius 3 is 2.59 bits per heavy atom. The maximum Gasteiger partial charge on any atom is 0.253 e. The minimum atomic E-state index is -1.16. The first-order valence-corrected chi connectivity index (χ1v) is 13.2. The van der Waals surface area contributed by atoms with Crippen molar-refractivity contribution in [3.05, 3.63) is 54.1 Å². The van der Waals surface area contributed by atoms with E-state index in [1.807, 2.05) is 26.0 Å². The highest BCUT2D eigenvalue weighted by Gasteiger charge is 2.75. The zero-order valence-electron chi connectivity index (χ0n) is 21.7. The molecule has 0 aromatic heterocycles. The van der Waals surface area contributed by atoms with Gasteiger partial charge in [-0.1, -0.05) is 42.8 Å². The van der Waals surface area contributed by atoms with Gasteiger partial charge in [0.1, 0.15) is 11.6 Å². The molecule has 1 spiro atoms. The van der Waals surface area contributed by atoms with Crippen molar-refractivity contribution in [2.45, 2.75) is 56.9 Å². The van der Waals surface area contributed by atoms with E-state index in [1.165, 1.54) is 4.90 Å². The minimum absolute atomic E-state index is 0.173. The number of likely N-dealkylation sites (tertiary alicyclic amines) is 1. The number of nitrogens with zero attached hydrogens (tertiary/aromatic N) is 3. The fourth-order valence-corrected chi connectivity index (χ4v) is 6.85. The summed E-state index contributed by atoms with van der Waals surface area (Å²) in [5, 5.41) is 10.6. The van der Waals surface area contributed by atoms with Gasteiger partial charge in [0, 0.05) is 20.1 Å². The third-order valence-electron chi connectivity index (χ3n) is 8.15. The molecule has 3 fully saturated rings. The van der Waals surface area contributed by atoms with E-state index in [1.54, 1.807) is 35.1 Å². The number of ether oxygens (including phenoxy) is 1. The zero-order chi connectivity index (χ0) is 27.1. The third kappa shape index (κ3) is 4.19. The molecule has 0 saturated carbocycles. The van der Waals surface area contributed by atoms with Crippen LogP contribution in [0.15, 0.2) is 43.5 Å². The van der Waals surface area contributed by atoms with Crippen molar-refractivity contribution in [3.63, 3.8) is 0 Å². The lowest BCUT2D eigenvalue weighted by Crippen LogP contribution is -2.59. The van der Waals surface area contributed by atoms with E-state index >= 15 is 0 Å². The fraction of sp³-hybridized carbons (Fsp3) is 0.536. The molecule has 1 aromatic rings. The van der Waals surface area contributed by atoms with Gasteiger partial charge in [0.2, 0.25) is 11.8 Å². The highest BCUT2D eigenvalue weighted by atomic mass is 35.5. The maximum absolute atomic E-state index is 14.5. The molecule has 6 atom stereocenters. The van der Waals surface area contributed by atoms with Crippen LogP contribution in [0.2, 0.25) is 5.02 Å². The third-order valence-corrected chi connectivity index (χ3v) is 8.45. The number of fused-ring (bicyclic) bond motifs is 1. The lowest BCUT2D eigenvalue weighted by Gasteiger charge is -2.39. The SMILES string of the molecule is C=CCN(C)C(=O)[C@@H]1[C@H]2C(=O)N([C@@H](CC)CO)C(C(=O)N(CC=C)c3c(C)cccc3Cl)C23CC[C@H]1O3. The van der Waals surface area contributed by atoms with Gasteiger partial charge in [-0.15, -0.1) is 13.2 Å².